The second-order valence-electron chi connectivity index (χ2n) is 7.65. The largest absolute Gasteiger partial charge is 0.494 e. The fraction of sp³-hybridized carbons (Fsp3) is 0.240. The lowest BCUT2D eigenvalue weighted by atomic mass is 10.2. The van der Waals surface area contributed by atoms with Gasteiger partial charge in [-0.15, -0.1) is 21.5 Å². The molecule has 0 fully saturated rings. The Bertz CT molecular complexity index is 1260. The number of aromatic nitrogens is 4. The van der Waals surface area contributed by atoms with Crippen molar-refractivity contribution in [1.29, 1.82) is 0 Å². The summed E-state index contributed by atoms with van der Waals surface area (Å²) in [6, 6.07) is 16.6. The van der Waals surface area contributed by atoms with Crippen LogP contribution in [0.1, 0.15) is 35.9 Å². The van der Waals surface area contributed by atoms with Crippen LogP contribution >= 0.6 is 23.1 Å². The number of para-hydroxylation sites is 1. The molecule has 2 heterocycles. The number of rotatable bonds is 12. The van der Waals surface area contributed by atoms with Crippen LogP contribution in [-0.2, 0) is 11.3 Å². The number of thiazole rings is 1. The highest BCUT2D eigenvalue weighted by Gasteiger charge is 2.17. The van der Waals surface area contributed by atoms with Gasteiger partial charge in [0, 0.05) is 22.8 Å². The normalized spacial score (nSPS) is 10.7. The molecule has 0 unspecified atom stereocenters. The van der Waals surface area contributed by atoms with E-state index in [0.29, 0.717) is 28.3 Å². The van der Waals surface area contributed by atoms with Gasteiger partial charge < -0.3 is 15.4 Å². The highest BCUT2D eigenvalue weighted by molar-refractivity contribution is 7.99. The highest BCUT2D eigenvalue weighted by Crippen LogP contribution is 2.23. The lowest BCUT2D eigenvalue weighted by Gasteiger charge is -2.11. The lowest BCUT2D eigenvalue weighted by Crippen LogP contribution is -2.24. The predicted molar refractivity (Wildman–Crippen MR) is 141 cm³/mol. The Morgan fingerprint density at radius 2 is 1.89 bits per heavy atom. The number of nitrogens with one attached hydrogen (secondary N) is 2. The van der Waals surface area contributed by atoms with Gasteiger partial charge in [-0.1, -0.05) is 43.3 Å². The summed E-state index contributed by atoms with van der Waals surface area (Å²) in [7, 11) is 0. The van der Waals surface area contributed by atoms with Gasteiger partial charge in [0.25, 0.3) is 5.91 Å². The van der Waals surface area contributed by atoms with Gasteiger partial charge in [-0.3, -0.25) is 14.2 Å². The fourth-order valence-electron chi connectivity index (χ4n) is 3.21. The predicted octanol–water partition coefficient (Wildman–Crippen LogP) is 4.56. The summed E-state index contributed by atoms with van der Waals surface area (Å²) in [5.41, 5.74) is 1.36. The molecule has 2 N–H and O–H groups in total. The molecule has 0 radical (unpaired) electrons. The Labute approximate surface area is 217 Å². The monoisotopic (exact) mass is 522 g/mol. The summed E-state index contributed by atoms with van der Waals surface area (Å²) in [5, 5.41) is 17.1. The Morgan fingerprint density at radius 3 is 2.61 bits per heavy atom. The van der Waals surface area contributed by atoms with E-state index in [1.165, 1.54) is 23.1 Å². The Kier molecular flexibility index (Phi) is 9.06. The van der Waals surface area contributed by atoms with E-state index < -0.39 is 0 Å². The first kappa shape index (κ1) is 25.4. The topological polar surface area (TPSA) is 111 Å². The van der Waals surface area contributed by atoms with Gasteiger partial charge in [0.15, 0.2) is 16.1 Å². The summed E-state index contributed by atoms with van der Waals surface area (Å²) in [5.74, 6) is 1.02. The van der Waals surface area contributed by atoms with Crippen molar-refractivity contribution in [2.45, 2.75) is 31.5 Å². The first-order chi connectivity index (χ1) is 17.6. The van der Waals surface area contributed by atoms with E-state index >= 15 is 0 Å². The van der Waals surface area contributed by atoms with E-state index in [9.17, 15) is 9.59 Å². The van der Waals surface area contributed by atoms with Gasteiger partial charge in [0.05, 0.1) is 18.9 Å². The van der Waals surface area contributed by atoms with Crippen LogP contribution in [0, 0.1) is 0 Å². The molecule has 0 aliphatic rings. The molecule has 2 aromatic heterocycles. The van der Waals surface area contributed by atoms with E-state index in [1.54, 1.807) is 35.8 Å². The first-order valence-corrected chi connectivity index (χ1v) is 13.3. The van der Waals surface area contributed by atoms with Gasteiger partial charge >= 0.3 is 0 Å². The molecule has 11 heteroatoms. The Balaban J connectivity index is 1.41. The summed E-state index contributed by atoms with van der Waals surface area (Å²) < 4.78 is 7.50. The van der Waals surface area contributed by atoms with E-state index in [4.69, 9.17) is 4.74 Å². The number of hydrogen-bond acceptors (Lipinski definition) is 8. The zero-order valence-corrected chi connectivity index (χ0v) is 21.3. The van der Waals surface area contributed by atoms with E-state index in [-0.39, 0.29) is 24.1 Å². The minimum Gasteiger partial charge on any atom is -0.494 e. The van der Waals surface area contributed by atoms with Gasteiger partial charge in [-0.25, -0.2) is 4.98 Å². The number of nitrogens with zero attached hydrogens (tertiary/aromatic N) is 4. The van der Waals surface area contributed by atoms with Crippen LogP contribution in [0.3, 0.4) is 0 Å². The molecule has 0 aliphatic carbocycles. The average molecular weight is 523 g/mol. The number of ether oxygens (including phenoxy) is 1. The van der Waals surface area contributed by atoms with Crippen molar-refractivity contribution in [3.8, 4) is 11.4 Å². The van der Waals surface area contributed by atoms with Crippen LogP contribution in [0.15, 0.2) is 71.3 Å². The number of amides is 2. The molecular formula is C25H26N6O3S2. The highest BCUT2D eigenvalue weighted by atomic mass is 32.2. The Hall–Kier alpha value is -3.70. The van der Waals surface area contributed by atoms with Crippen LogP contribution in [0.25, 0.3) is 5.69 Å². The number of hydrogen-bond donors (Lipinski definition) is 2. The molecule has 0 saturated carbocycles. The Morgan fingerprint density at radius 1 is 1.08 bits per heavy atom. The van der Waals surface area contributed by atoms with Crippen LogP contribution in [0.5, 0.6) is 5.75 Å². The van der Waals surface area contributed by atoms with Crippen LogP contribution in [-0.4, -0.2) is 43.9 Å². The smallest absolute Gasteiger partial charge is 0.251 e. The van der Waals surface area contributed by atoms with Gasteiger partial charge in [0.2, 0.25) is 5.91 Å². The summed E-state index contributed by atoms with van der Waals surface area (Å²) >= 11 is 2.62. The fourth-order valence-corrected chi connectivity index (χ4v) is 4.53. The molecule has 2 aromatic carbocycles. The molecule has 4 rings (SSSR count). The number of carbonyl (C=O) groups excluding carboxylic acids is 2. The van der Waals surface area contributed by atoms with E-state index in [1.807, 2.05) is 34.9 Å². The van der Waals surface area contributed by atoms with E-state index in [0.717, 1.165) is 24.3 Å². The van der Waals surface area contributed by atoms with Crippen LogP contribution in [0.4, 0.5) is 5.13 Å². The second-order valence-corrected chi connectivity index (χ2v) is 9.49. The molecule has 0 aliphatic heterocycles. The SMILES string of the molecule is CCCCOc1ccc(C(=O)NCc2nnc(SCC(=O)Nc3nccs3)n2-c2ccccc2)cc1. The quantitative estimate of drug-likeness (QED) is 0.207. The molecule has 2 amide bonds. The van der Waals surface area contributed by atoms with E-state index in [2.05, 4.69) is 32.7 Å². The molecule has 4 aromatic rings. The van der Waals surface area contributed by atoms with Gasteiger partial charge in [0.1, 0.15) is 5.75 Å². The molecule has 186 valence electrons. The minimum atomic E-state index is -0.227. The number of unbranched alkanes of at least 4 members (excludes halogenated alkanes) is 1. The summed E-state index contributed by atoms with van der Waals surface area (Å²) in [4.78, 5) is 29.1. The summed E-state index contributed by atoms with van der Waals surface area (Å²) in [6.45, 7) is 2.93. The number of benzene rings is 2. The van der Waals surface area contributed by atoms with Gasteiger partial charge in [-0.2, -0.15) is 0 Å². The maximum atomic E-state index is 12.7. The average Bonchev–Trinajstić information content (AvgIpc) is 3.57. The molecule has 0 spiro atoms. The van der Waals surface area contributed by atoms with Crippen molar-refractivity contribution in [3.05, 3.63) is 77.6 Å². The van der Waals surface area contributed by atoms with Crippen molar-refractivity contribution in [1.82, 2.24) is 25.1 Å². The second kappa shape index (κ2) is 12.8. The molecular weight excluding hydrogens is 496 g/mol. The standard InChI is InChI=1S/C25H26N6O3S2/c1-2-3-14-34-20-11-9-18(10-12-20)23(33)27-16-21-29-30-25(31(21)19-7-5-4-6-8-19)36-17-22(32)28-24-26-13-15-35-24/h4-13,15H,2-3,14,16-17H2,1H3,(H,27,33)(H,26,28,32). The van der Waals surface area contributed by atoms with Crippen molar-refractivity contribution in [3.63, 3.8) is 0 Å². The number of anilines is 1. The van der Waals surface area contributed by atoms with Crippen LogP contribution < -0.4 is 15.4 Å². The molecule has 0 bridgehead atoms. The first-order valence-electron chi connectivity index (χ1n) is 11.5. The van der Waals surface area contributed by atoms with Gasteiger partial charge in [-0.05, 0) is 42.8 Å². The lowest BCUT2D eigenvalue weighted by molar-refractivity contribution is -0.113. The summed E-state index contributed by atoms with van der Waals surface area (Å²) in [6.07, 6.45) is 3.69. The maximum absolute atomic E-state index is 12.7. The maximum Gasteiger partial charge on any atom is 0.251 e. The van der Waals surface area contributed by atoms with Crippen LogP contribution in [0.2, 0.25) is 0 Å². The third-order valence-electron chi connectivity index (χ3n) is 5.02. The third-order valence-corrected chi connectivity index (χ3v) is 6.63. The van der Waals surface area contributed by atoms with Crippen molar-refractivity contribution >= 4 is 40.0 Å². The molecule has 36 heavy (non-hydrogen) atoms. The molecule has 9 nitrogen and oxygen atoms in total. The van der Waals surface area contributed by atoms with Crippen molar-refractivity contribution in [2.24, 2.45) is 0 Å². The van der Waals surface area contributed by atoms with Crippen molar-refractivity contribution in [2.75, 3.05) is 17.7 Å². The zero-order valence-electron chi connectivity index (χ0n) is 19.7. The minimum absolute atomic E-state index is 0.142. The zero-order chi connectivity index (χ0) is 25.2. The van der Waals surface area contributed by atoms with Crippen molar-refractivity contribution < 1.29 is 14.3 Å². The number of thioether (sulfide) groups is 1. The molecule has 0 atom stereocenters. The molecule has 0 saturated heterocycles. The number of carbonyl (C=O) groups is 2. The third kappa shape index (κ3) is 6.92.